The SMILES string of the molecule is CC[N+]1(N2CCCCC2)C(=O)CS/C1=C\C(=O)O. The quantitative estimate of drug-likeness (QED) is 0.621. The van der Waals surface area contributed by atoms with Gasteiger partial charge in [0.1, 0.15) is 12.3 Å². The van der Waals surface area contributed by atoms with Gasteiger partial charge in [0, 0.05) is 13.1 Å². The van der Waals surface area contributed by atoms with Crippen molar-refractivity contribution in [2.24, 2.45) is 0 Å². The van der Waals surface area contributed by atoms with Gasteiger partial charge in [-0.15, -0.1) is 9.60 Å². The summed E-state index contributed by atoms with van der Waals surface area (Å²) in [5, 5.41) is 11.8. The van der Waals surface area contributed by atoms with E-state index in [4.69, 9.17) is 5.11 Å². The lowest BCUT2D eigenvalue weighted by Crippen LogP contribution is -2.61. The maximum Gasteiger partial charge on any atom is 0.349 e. The van der Waals surface area contributed by atoms with E-state index in [0.717, 1.165) is 25.9 Å². The average Bonchev–Trinajstić information content (AvgIpc) is 2.67. The highest BCUT2D eigenvalue weighted by molar-refractivity contribution is 8.03. The molecule has 0 aromatic heterocycles. The van der Waals surface area contributed by atoms with Crippen molar-refractivity contribution in [2.75, 3.05) is 25.4 Å². The Hall–Kier alpha value is -0.850. The van der Waals surface area contributed by atoms with Crippen molar-refractivity contribution < 1.29 is 19.3 Å². The number of amides is 1. The Labute approximate surface area is 111 Å². The Bertz CT molecular complexity index is 391. The highest BCUT2D eigenvalue weighted by atomic mass is 32.2. The largest absolute Gasteiger partial charge is 0.478 e. The summed E-state index contributed by atoms with van der Waals surface area (Å²) in [5.41, 5.74) is 0. The van der Waals surface area contributed by atoms with E-state index in [-0.39, 0.29) is 10.5 Å². The number of hydrogen-bond donors (Lipinski definition) is 1. The van der Waals surface area contributed by atoms with Crippen LogP contribution in [-0.4, -0.2) is 52.0 Å². The van der Waals surface area contributed by atoms with Gasteiger partial charge in [0.15, 0.2) is 0 Å². The zero-order valence-electron chi connectivity index (χ0n) is 10.6. The fourth-order valence-electron chi connectivity index (χ4n) is 2.77. The normalized spacial score (nSPS) is 32.1. The Balaban J connectivity index is 2.36. The molecular weight excluding hydrogens is 252 g/mol. The number of aliphatic carboxylic acids is 1. The van der Waals surface area contributed by atoms with Crippen molar-refractivity contribution in [2.45, 2.75) is 26.2 Å². The van der Waals surface area contributed by atoms with Crippen LogP contribution in [-0.2, 0) is 9.59 Å². The van der Waals surface area contributed by atoms with Crippen molar-refractivity contribution in [1.29, 1.82) is 0 Å². The smallest absolute Gasteiger partial charge is 0.349 e. The van der Waals surface area contributed by atoms with Gasteiger partial charge in [-0.1, -0.05) is 18.2 Å². The number of quaternary nitrogens is 1. The molecule has 0 bridgehead atoms. The molecule has 5 nitrogen and oxygen atoms in total. The predicted molar refractivity (Wildman–Crippen MR) is 69.4 cm³/mol. The minimum Gasteiger partial charge on any atom is -0.478 e. The topological polar surface area (TPSA) is 57.6 Å². The molecule has 0 aromatic carbocycles. The molecule has 6 heteroatoms. The van der Waals surface area contributed by atoms with E-state index in [1.165, 1.54) is 24.3 Å². The van der Waals surface area contributed by atoms with E-state index in [9.17, 15) is 9.59 Å². The monoisotopic (exact) mass is 271 g/mol. The number of carbonyl (C=O) groups excluding carboxylic acids is 1. The first kappa shape index (κ1) is 13.6. The third-order valence-electron chi connectivity index (χ3n) is 3.64. The fraction of sp³-hybridized carbons (Fsp3) is 0.667. The maximum atomic E-state index is 12.3. The lowest BCUT2D eigenvalue weighted by atomic mass is 10.1. The molecule has 1 amide bonds. The summed E-state index contributed by atoms with van der Waals surface area (Å²) in [5.74, 6) is -0.485. The molecule has 1 atom stereocenters. The van der Waals surface area contributed by atoms with Crippen LogP contribution in [0.2, 0.25) is 0 Å². The van der Waals surface area contributed by atoms with Gasteiger partial charge in [0.05, 0.1) is 6.08 Å². The van der Waals surface area contributed by atoms with Crippen molar-refractivity contribution in [3.8, 4) is 0 Å². The molecule has 1 N–H and O–H groups in total. The lowest BCUT2D eigenvalue weighted by molar-refractivity contribution is -0.926. The fourth-order valence-corrected chi connectivity index (χ4v) is 4.00. The van der Waals surface area contributed by atoms with Crippen LogP contribution < -0.4 is 0 Å². The first-order chi connectivity index (χ1) is 8.61. The lowest BCUT2D eigenvalue weighted by Gasteiger charge is -2.41. The van der Waals surface area contributed by atoms with Gasteiger partial charge in [-0.05, 0) is 19.8 Å². The number of nitrogens with zero attached hydrogens (tertiary/aromatic N) is 2. The second kappa shape index (κ2) is 5.42. The number of piperidine rings is 1. The molecule has 2 heterocycles. The second-order valence-corrected chi connectivity index (χ2v) is 5.60. The molecule has 0 saturated carbocycles. The van der Waals surface area contributed by atoms with E-state index in [2.05, 4.69) is 5.01 Å². The van der Waals surface area contributed by atoms with Crippen molar-refractivity contribution in [1.82, 2.24) is 5.01 Å². The van der Waals surface area contributed by atoms with E-state index in [1.807, 2.05) is 6.92 Å². The Morgan fingerprint density at radius 1 is 1.44 bits per heavy atom. The standard InChI is InChI=1S/C12H18N2O3S/c1-2-14(13-6-4-3-5-7-13)10(15)9-18-11(14)8-12(16)17/h8H,2-7,9H2,1H3/p+1/b11-8-. The number of thioether (sulfide) groups is 1. The average molecular weight is 271 g/mol. The summed E-state index contributed by atoms with van der Waals surface area (Å²) in [6.07, 6.45) is 4.56. The first-order valence-electron chi connectivity index (χ1n) is 6.36. The molecule has 0 aromatic rings. The van der Waals surface area contributed by atoms with Crippen molar-refractivity contribution >= 4 is 23.6 Å². The Morgan fingerprint density at radius 3 is 2.67 bits per heavy atom. The van der Waals surface area contributed by atoms with Crippen LogP contribution in [0.3, 0.4) is 0 Å². The van der Waals surface area contributed by atoms with Crippen LogP contribution in [0.25, 0.3) is 0 Å². The van der Waals surface area contributed by atoms with Gasteiger partial charge in [-0.3, -0.25) is 0 Å². The van der Waals surface area contributed by atoms with Gasteiger partial charge >= 0.3 is 11.9 Å². The van der Waals surface area contributed by atoms with Crippen LogP contribution in [0, 0.1) is 0 Å². The molecular formula is C12H19N2O3S+. The molecule has 0 spiro atoms. The number of carboxylic acid groups (broad SMARTS) is 1. The van der Waals surface area contributed by atoms with Gasteiger partial charge in [0.25, 0.3) is 0 Å². The highest BCUT2D eigenvalue weighted by Gasteiger charge is 2.51. The predicted octanol–water partition coefficient (Wildman–Crippen LogP) is 1.42. The zero-order valence-corrected chi connectivity index (χ0v) is 11.4. The van der Waals surface area contributed by atoms with E-state index < -0.39 is 5.97 Å². The number of carbonyl (C=O) groups is 2. The van der Waals surface area contributed by atoms with E-state index in [1.54, 1.807) is 0 Å². The summed E-state index contributed by atoms with van der Waals surface area (Å²) < 4.78 is 0.122. The van der Waals surface area contributed by atoms with Crippen molar-refractivity contribution in [3.05, 3.63) is 11.1 Å². The number of carboxylic acids is 1. The summed E-state index contributed by atoms with van der Waals surface area (Å²) in [4.78, 5) is 23.2. The van der Waals surface area contributed by atoms with Gasteiger partial charge < -0.3 is 5.11 Å². The van der Waals surface area contributed by atoms with Gasteiger partial charge in [-0.25, -0.2) is 9.59 Å². The third kappa shape index (κ3) is 2.20. The minimum absolute atomic E-state index is 0.108. The molecule has 0 radical (unpaired) electrons. The van der Waals surface area contributed by atoms with Crippen LogP contribution in [0.4, 0.5) is 0 Å². The summed E-state index contributed by atoms with van der Waals surface area (Å²) in [7, 11) is 0. The van der Waals surface area contributed by atoms with Crippen LogP contribution in [0.1, 0.15) is 26.2 Å². The molecule has 1 unspecified atom stereocenters. The second-order valence-electron chi connectivity index (χ2n) is 4.60. The molecule has 18 heavy (non-hydrogen) atoms. The van der Waals surface area contributed by atoms with Crippen LogP contribution in [0.5, 0.6) is 0 Å². The molecule has 0 aliphatic carbocycles. The molecule has 2 saturated heterocycles. The van der Waals surface area contributed by atoms with Crippen molar-refractivity contribution in [3.63, 3.8) is 0 Å². The number of hydrogen-bond acceptors (Lipinski definition) is 4. The van der Waals surface area contributed by atoms with Crippen LogP contribution in [0.15, 0.2) is 11.1 Å². The summed E-state index contributed by atoms with van der Waals surface area (Å²) in [6.45, 7) is 4.30. The minimum atomic E-state index is -0.972. The van der Waals surface area contributed by atoms with E-state index >= 15 is 0 Å². The summed E-state index contributed by atoms with van der Waals surface area (Å²) >= 11 is 1.37. The Kier molecular flexibility index (Phi) is 4.09. The summed E-state index contributed by atoms with van der Waals surface area (Å²) in [6, 6.07) is 0. The number of rotatable bonds is 3. The molecule has 2 fully saturated rings. The van der Waals surface area contributed by atoms with Crippen LogP contribution >= 0.6 is 11.8 Å². The molecule has 100 valence electrons. The molecule has 2 rings (SSSR count). The van der Waals surface area contributed by atoms with Gasteiger partial charge in [0.2, 0.25) is 5.03 Å². The van der Waals surface area contributed by atoms with E-state index in [0.29, 0.717) is 17.3 Å². The first-order valence-corrected chi connectivity index (χ1v) is 7.34. The molecule has 2 aliphatic heterocycles. The zero-order chi connectivity index (χ0) is 13.2. The highest BCUT2D eigenvalue weighted by Crippen LogP contribution is 2.39. The Morgan fingerprint density at radius 2 is 2.11 bits per heavy atom. The molecule has 2 aliphatic rings. The third-order valence-corrected chi connectivity index (χ3v) is 4.75. The maximum absolute atomic E-state index is 12.3. The van der Waals surface area contributed by atoms with Gasteiger partial charge in [-0.2, -0.15) is 0 Å².